The van der Waals surface area contributed by atoms with Gasteiger partial charge in [0, 0.05) is 18.0 Å². The Hall–Kier alpha value is -2.13. The molecule has 4 aromatic rings. The smallest absolute Gasteiger partial charge is 0.126 e. The molecule has 0 N–H and O–H groups in total. The maximum absolute atomic E-state index is 4.71. The Morgan fingerprint density at radius 1 is 0.889 bits per heavy atom. The topological polar surface area (TPSA) is 17.3 Å². The number of thiazole rings is 1. The molecule has 1 aromatic carbocycles. The van der Waals surface area contributed by atoms with Gasteiger partial charge in [-0.2, -0.15) is 0 Å². The fourth-order valence-electron chi connectivity index (χ4n) is 2.22. The van der Waals surface area contributed by atoms with Crippen molar-refractivity contribution in [1.29, 1.82) is 0 Å². The molecule has 0 radical (unpaired) electrons. The number of rotatable bonds is 1. The number of aromatic nitrogens is 2. The predicted octanol–water partition coefficient (Wildman–Crippen LogP) is 4.22. The van der Waals surface area contributed by atoms with Crippen LogP contribution in [-0.2, 0) is 0 Å². The van der Waals surface area contributed by atoms with Gasteiger partial charge in [0.2, 0.25) is 0 Å². The van der Waals surface area contributed by atoms with E-state index in [1.54, 1.807) is 11.3 Å². The highest BCUT2D eigenvalue weighted by atomic mass is 32.1. The molecular formula is C15H10N2S. The van der Waals surface area contributed by atoms with Gasteiger partial charge in [-0.05, 0) is 30.3 Å². The Morgan fingerprint density at radius 2 is 1.78 bits per heavy atom. The van der Waals surface area contributed by atoms with Crippen LogP contribution in [0.1, 0.15) is 0 Å². The second-order valence-electron chi connectivity index (χ2n) is 4.21. The van der Waals surface area contributed by atoms with Gasteiger partial charge < -0.3 is 4.40 Å². The Morgan fingerprint density at radius 3 is 2.72 bits per heavy atom. The van der Waals surface area contributed by atoms with Gasteiger partial charge in [-0.15, -0.1) is 11.3 Å². The molecule has 0 aliphatic rings. The molecule has 0 spiro atoms. The zero-order valence-electron chi connectivity index (χ0n) is 9.58. The van der Waals surface area contributed by atoms with Crippen molar-refractivity contribution in [1.82, 2.24) is 9.38 Å². The molecule has 0 atom stereocenters. The first kappa shape index (κ1) is 9.85. The lowest BCUT2D eigenvalue weighted by atomic mass is 10.2. The van der Waals surface area contributed by atoms with E-state index < -0.39 is 0 Å². The minimum absolute atomic E-state index is 1.08. The molecule has 0 saturated carbocycles. The van der Waals surface area contributed by atoms with Crippen LogP contribution in [-0.4, -0.2) is 9.38 Å². The Labute approximate surface area is 108 Å². The highest BCUT2D eigenvalue weighted by Gasteiger charge is 2.09. The van der Waals surface area contributed by atoms with E-state index in [0.717, 1.165) is 10.5 Å². The van der Waals surface area contributed by atoms with E-state index >= 15 is 0 Å². The lowest BCUT2D eigenvalue weighted by Gasteiger charge is -1.95. The number of benzene rings is 1. The highest BCUT2D eigenvalue weighted by Crippen LogP contribution is 2.32. The molecule has 18 heavy (non-hydrogen) atoms. The lowest BCUT2D eigenvalue weighted by Crippen LogP contribution is -1.79. The van der Waals surface area contributed by atoms with E-state index in [1.165, 1.54) is 15.8 Å². The van der Waals surface area contributed by atoms with E-state index in [-0.39, 0.29) is 0 Å². The number of para-hydroxylation sites is 1. The van der Waals surface area contributed by atoms with Crippen molar-refractivity contribution >= 4 is 27.1 Å². The van der Waals surface area contributed by atoms with Crippen molar-refractivity contribution in [3.05, 3.63) is 60.9 Å². The largest absolute Gasteiger partial charge is 0.323 e. The van der Waals surface area contributed by atoms with Crippen LogP contribution in [0.2, 0.25) is 0 Å². The summed E-state index contributed by atoms with van der Waals surface area (Å²) < 4.78 is 3.37. The van der Waals surface area contributed by atoms with E-state index in [9.17, 15) is 0 Å². The second-order valence-corrected chi connectivity index (χ2v) is 5.24. The van der Waals surface area contributed by atoms with Crippen molar-refractivity contribution < 1.29 is 0 Å². The van der Waals surface area contributed by atoms with Crippen molar-refractivity contribution in [2.75, 3.05) is 0 Å². The molecular weight excluding hydrogens is 240 g/mol. The van der Waals surface area contributed by atoms with Crippen molar-refractivity contribution in [3.8, 4) is 10.6 Å². The van der Waals surface area contributed by atoms with Gasteiger partial charge in [0.25, 0.3) is 0 Å². The zero-order chi connectivity index (χ0) is 11.9. The third-order valence-electron chi connectivity index (χ3n) is 3.09. The molecule has 0 amide bonds. The molecule has 4 rings (SSSR count). The van der Waals surface area contributed by atoms with Gasteiger partial charge in [-0.25, -0.2) is 4.98 Å². The summed E-state index contributed by atoms with van der Waals surface area (Å²) in [4.78, 5) is 4.71. The monoisotopic (exact) mass is 250 g/mol. The third kappa shape index (κ3) is 1.38. The van der Waals surface area contributed by atoms with Crippen LogP contribution in [0.4, 0.5) is 0 Å². The van der Waals surface area contributed by atoms with Crippen molar-refractivity contribution in [3.63, 3.8) is 0 Å². The summed E-state index contributed by atoms with van der Waals surface area (Å²) >= 11 is 1.75. The van der Waals surface area contributed by atoms with Crippen LogP contribution < -0.4 is 0 Å². The van der Waals surface area contributed by atoms with Crippen LogP contribution in [0.25, 0.3) is 26.3 Å². The van der Waals surface area contributed by atoms with E-state index in [1.807, 2.05) is 12.1 Å². The molecule has 0 aliphatic carbocycles. The SMILES string of the molecule is c1ccc2sc(-c3ccn4ccccc34)nc2c1. The quantitative estimate of drug-likeness (QED) is 0.494. The summed E-state index contributed by atoms with van der Waals surface area (Å²) in [6.07, 6.45) is 4.14. The molecule has 3 heteroatoms. The van der Waals surface area contributed by atoms with Gasteiger partial charge in [0.1, 0.15) is 5.01 Å². The van der Waals surface area contributed by atoms with Crippen LogP contribution in [0.3, 0.4) is 0 Å². The van der Waals surface area contributed by atoms with Crippen molar-refractivity contribution in [2.24, 2.45) is 0 Å². The highest BCUT2D eigenvalue weighted by molar-refractivity contribution is 7.21. The molecule has 0 saturated heterocycles. The second kappa shape index (κ2) is 3.68. The maximum atomic E-state index is 4.71. The summed E-state index contributed by atoms with van der Waals surface area (Å²) in [6, 6.07) is 16.6. The first-order valence-corrected chi connectivity index (χ1v) is 6.65. The fraction of sp³-hybridized carbons (Fsp3) is 0. The summed E-state index contributed by atoms with van der Waals surface area (Å²) in [5, 5.41) is 1.09. The number of hydrogen-bond acceptors (Lipinski definition) is 2. The molecule has 0 unspecified atom stereocenters. The average molecular weight is 250 g/mol. The summed E-state index contributed by atoms with van der Waals surface area (Å²) in [5.41, 5.74) is 3.49. The van der Waals surface area contributed by atoms with Crippen LogP contribution in [0, 0.1) is 0 Å². The molecule has 0 aliphatic heterocycles. The van der Waals surface area contributed by atoms with Crippen molar-refractivity contribution in [2.45, 2.75) is 0 Å². The molecule has 86 valence electrons. The number of hydrogen-bond donors (Lipinski definition) is 0. The van der Waals surface area contributed by atoms with Gasteiger partial charge in [0.05, 0.1) is 15.7 Å². The summed E-state index contributed by atoms with van der Waals surface area (Å²) in [5.74, 6) is 0. The Kier molecular flexibility index (Phi) is 2.02. The molecule has 0 fully saturated rings. The third-order valence-corrected chi connectivity index (χ3v) is 4.16. The summed E-state index contributed by atoms with van der Waals surface area (Å²) in [6.45, 7) is 0. The summed E-state index contributed by atoms with van der Waals surface area (Å²) in [7, 11) is 0. The van der Waals surface area contributed by atoms with E-state index in [4.69, 9.17) is 4.98 Å². The molecule has 3 heterocycles. The first-order chi connectivity index (χ1) is 8.92. The minimum atomic E-state index is 1.08. The van der Waals surface area contributed by atoms with Crippen LogP contribution >= 0.6 is 11.3 Å². The molecule has 3 aromatic heterocycles. The van der Waals surface area contributed by atoms with Gasteiger partial charge >= 0.3 is 0 Å². The molecule has 2 nitrogen and oxygen atoms in total. The van der Waals surface area contributed by atoms with Crippen LogP contribution in [0.15, 0.2) is 60.9 Å². The van der Waals surface area contributed by atoms with E-state index in [0.29, 0.717) is 0 Å². The Balaban J connectivity index is 2.01. The number of fused-ring (bicyclic) bond motifs is 2. The maximum Gasteiger partial charge on any atom is 0.126 e. The predicted molar refractivity (Wildman–Crippen MR) is 76.0 cm³/mol. The lowest BCUT2D eigenvalue weighted by molar-refractivity contribution is 1.20. The standard InChI is InChI=1S/C15H10N2S/c1-2-7-14-12(5-1)16-15(18-14)11-8-10-17-9-4-3-6-13(11)17/h1-10H. The normalized spacial score (nSPS) is 11.3. The van der Waals surface area contributed by atoms with Gasteiger partial charge in [-0.3, -0.25) is 0 Å². The minimum Gasteiger partial charge on any atom is -0.323 e. The zero-order valence-corrected chi connectivity index (χ0v) is 10.4. The number of pyridine rings is 1. The van der Waals surface area contributed by atoms with Crippen LogP contribution in [0.5, 0.6) is 0 Å². The number of nitrogens with zero attached hydrogens (tertiary/aromatic N) is 2. The van der Waals surface area contributed by atoms with Gasteiger partial charge in [-0.1, -0.05) is 18.2 Å². The Bertz CT molecular complexity index is 809. The first-order valence-electron chi connectivity index (χ1n) is 5.83. The average Bonchev–Trinajstić information content (AvgIpc) is 3.02. The van der Waals surface area contributed by atoms with E-state index in [2.05, 4.69) is 53.2 Å². The fourth-order valence-corrected chi connectivity index (χ4v) is 3.22. The molecule has 0 bridgehead atoms. The van der Waals surface area contributed by atoms with Gasteiger partial charge in [0.15, 0.2) is 0 Å².